The van der Waals surface area contributed by atoms with E-state index in [1.54, 1.807) is 10.8 Å². The van der Waals surface area contributed by atoms with Gasteiger partial charge in [0.1, 0.15) is 5.69 Å². The number of aromatic nitrogens is 5. The molecule has 0 saturated heterocycles. The minimum absolute atomic E-state index is 0.215. The minimum atomic E-state index is -0.215. The Balaban J connectivity index is 2.04. The first-order valence-corrected chi connectivity index (χ1v) is 6.51. The van der Waals surface area contributed by atoms with Crippen LogP contribution in [-0.4, -0.2) is 24.5 Å². The Morgan fingerprint density at radius 2 is 2.00 bits per heavy atom. The maximum absolute atomic E-state index is 12.0. The summed E-state index contributed by atoms with van der Waals surface area (Å²) in [6.07, 6.45) is 1.71. The molecule has 6 nitrogen and oxygen atoms in total. The number of benzene rings is 1. The Morgan fingerprint density at radius 1 is 1.20 bits per heavy atom. The van der Waals surface area contributed by atoms with Crippen molar-refractivity contribution in [3.8, 4) is 11.5 Å². The van der Waals surface area contributed by atoms with Gasteiger partial charge in [-0.15, -0.1) is 0 Å². The monoisotopic (exact) mass is 269 g/mol. The Morgan fingerprint density at radius 3 is 2.75 bits per heavy atom. The molecule has 1 aromatic carbocycles. The molecule has 3 aromatic rings. The van der Waals surface area contributed by atoms with E-state index in [1.165, 1.54) is 0 Å². The topological polar surface area (TPSA) is 68.5 Å². The van der Waals surface area contributed by atoms with Crippen molar-refractivity contribution in [2.24, 2.45) is 0 Å². The molecule has 0 bridgehead atoms. The zero-order valence-corrected chi connectivity index (χ0v) is 11.2. The van der Waals surface area contributed by atoms with E-state index in [-0.39, 0.29) is 5.69 Å². The third kappa shape index (κ3) is 2.16. The Bertz CT molecular complexity index is 753. The van der Waals surface area contributed by atoms with Crippen molar-refractivity contribution in [2.45, 2.75) is 20.0 Å². The Hall–Kier alpha value is -2.63. The van der Waals surface area contributed by atoms with Crippen LogP contribution in [-0.2, 0) is 13.1 Å². The summed E-state index contributed by atoms with van der Waals surface area (Å²) in [5.74, 6) is 0.609. The number of hydrogen-bond donors (Lipinski definition) is 1. The molecule has 6 heteroatoms. The maximum Gasteiger partial charge on any atom is 0.343 e. The van der Waals surface area contributed by atoms with Crippen molar-refractivity contribution in [1.82, 2.24) is 24.5 Å². The molecule has 2 heterocycles. The molecule has 0 radical (unpaired) electrons. The zero-order valence-electron chi connectivity index (χ0n) is 11.2. The van der Waals surface area contributed by atoms with Gasteiger partial charge in [-0.05, 0) is 18.6 Å². The van der Waals surface area contributed by atoms with Crippen LogP contribution < -0.4 is 5.69 Å². The summed E-state index contributed by atoms with van der Waals surface area (Å²) in [5, 5.41) is 10.9. The molecular weight excluding hydrogens is 254 g/mol. The van der Waals surface area contributed by atoms with Gasteiger partial charge in [0, 0.05) is 12.7 Å². The second-order valence-electron chi connectivity index (χ2n) is 4.46. The molecule has 3 rings (SSSR count). The van der Waals surface area contributed by atoms with Gasteiger partial charge in [-0.25, -0.2) is 9.89 Å². The van der Waals surface area contributed by atoms with E-state index in [9.17, 15) is 4.79 Å². The fourth-order valence-corrected chi connectivity index (χ4v) is 2.20. The highest BCUT2D eigenvalue weighted by Crippen LogP contribution is 2.15. The first-order chi connectivity index (χ1) is 9.79. The van der Waals surface area contributed by atoms with Gasteiger partial charge in [-0.1, -0.05) is 30.3 Å². The summed E-state index contributed by atoms with van der Waals surface area (Å²) in [6.45, 7) is 3.22. The first-order valence-electron chi connectivity index (χ1n) is 6.51. The van der Waals surface area contributed by atoms with Gasteiger partial charge >= 0.3 is 5.69 Å². The second-order valence-corrected chi connectivity index (χ2v) is 4.46. The van der Waals surface area contributed by atoms with Crippen molar-refractivity contribution < 1.29 is 0 Å². The summed E-state index contributed by atoms with van der Waals surface area (Å²) in [7, 11) is 0. The third-order valence-corrected chi connectivity index (χ3v) is 3.19. The minimum Gasteiger partial charge on any atom is -0.269 e. The molecule has 1 N–H and O–H groups in total. The maximum atomic E-state index is 12.0. The number of aromatic amines is 1. The predicted octanol–water partition coefficient (Wildman–Crippen LogP) is 1.50. The third-order valence-electron chi connectivity index (χ3n) is 3.19. The van der Waals surface area contributed by atoms with Crippen LogP contribution in [0.15, 0.2) is 47.4 Å². The van der Waals surface area contributed by atoms with E-state index >= 15 is 0 Å². The van der Waals surface area contributed by atoms with Crippen LogP contribution in [0.5, 0.6) is 0 Å². The predicted molar refractivity (Wildman–Crippen MR) is 75.3 cm³/mol. The molecule has 0 atom stereocenters. The number of aryl methyl sites for hydroxylation is 1. The molecule has 0 amide bonds. The van der Waals surface area contributed by atoms with Gasteiger partial charge in [0.05, 0.1) is 6.54 Å². The molecule has 0 spiro atoms. The van der Waals surface area contributed by atoms with Gasteiger partial charge < -0.3 is 0 Å². The normalized spacial score (nSPS) is 10.8. The number of nitrogens with zero attached hydrogens (tertiary/aromatic N) is 4. The van der Waals surface area contributed by atoms with E-state index in [4.69, 9.17) is 0 Å². The van der Waals surface area contributed by atoms with E-state index in [0.29, 0.717) is 12.4 Å². The van der Waals surface area contributed by atoms with Gasteiger partial charge in [0.25, 0.3) is 0 Å². The van der Waals surface area contributed by atoms with E-state index < -0.39 is 0 Å². The smallest absolute Gasteiger partial charge is 0.269 e. The quantitative estimate of drug-likeness (QED) is 0.780. The van der Waals surface area contributed by atoms with Crippen LogP contribution >= 0.6 is 0 Å². The molecule has 0 saturated carbocycles. The molecule has 0 unspecified atom stereocenters. The van der Waals surface area contributed by atoms with Gasteiger partial charge in [-0.3, -0.25) is 9.25 Å². The summed E-state index contributed by atoms with van der Waals surface area (Å²) in [6, 6.07) is 11.7. The fourth-order valence-electron chi connectivity index (χ4n) is 2.20. The Kier molecular flexibility index (Phi) is 3.20. The average Bonchev–Trinajstić information content (AvgIpc) is 3.07. The van der Waals surface area contributed by atoms with Gasteiger partial charge in [-0.2, -0.15) is 10.2 Å². The molecule has 102 valence electrons. The molecule has 20 heavy (non-hydrogen) atoms. The molecule has 0 aliphatic heterocycles. The lowest BCUT2D eigenvalue weighted by molar-refractivity contribution is 0.656. The number of H-pyrrole nitrogens is 1. The lowest BCUT2D eigenvalue weighted by Crippen LogP contribution is -2.19. The van der Waals surface area contributed by atoms with Crippen LogP contribution in [0.4, 0.5) is 0 Å². The van der Waals surface area contributed by atoms with E-state index in [2.05, 4.69) is 15.3 Å². The highest BCUT2D eigenvalue weighted by molar-refractivity contribution is 5.49. The first kappa shape index (κ1) is 12.4. The number of rotatable bonds is 4. The molecular formula is C14H15N5O. The summed E-state index contributed by atoms with van der Waals surface area (Å²) in [5.41, 5.74) is 1.68. The molecule has 0 fully saturated rings. The van der Waals surface area contributed by atoms with Crippen molar-refractivity contribution >= 4 is 0 Å². The summed E-state index contributed by atoms with van der Waals surface area (Å²) >= 11 is 0. The second kappa shape index (κ2) is 5.16. The van der Waals surface area contributed by atoms with Crippen molar-refractivity contribution in [3.05, 3.63) is 58.6 Å². The van der Waals surface area contributed by atoms with Gasteiger partial charge in [0.2, 0.25) is 0 Å². The van der Waals surface area contributed by atoms with Crippen molar-refractivity contribution in [3.63, 3.8) is 0 Å². The van der Waals surface area contributed by atoms with Crippen LogP contribution in [0.3, 0.4) is 0 Å². The van der Waals surface area contributed by atoms with Crippen LogP contribution in [0.2, 0.25) is 0 Å². The largest absolute Gasteiger partial charge is 0.343 e. The van der Waals surface area contributed by atoms with E-state index in [0.717, 1.165) is 17.8 Å². The number of nitrogens with one attached hydrogen (secondary N) is 1. The highest BCUT2D eigenvalue weighted by Gasteiger charge is 2.14. The summed E-state index contributed by atoms with van der Waals surface area (Å²) < 4.78 is 3.44. The van der Waals surface area contributed by atoms with Crippen LogP contribution in [0, 0.1) is 0 Å². The van der Waals surface area contributed by atoms with Crippen LogP contribution in [0.1, 0.15) is 12.5 Å². The van der Waals surface area contributed by atoms with Crippen molar-refractivity contribution in [2.75, 3.05) is 0 Å². The molecule has 0 aliphatic carbocycles. The lowest BCUT2D eigenvalue weighted by Gasteiger charge is -2.07. The fraction of sp³-hybridized carbons (Fsp3) is 0.214. The van der Waals surface area contributed by atoms with Crippen molar-refractivity contribution in [1.29, 1.82) is 0 Å². The van der Waals surface area contributed by atoms with E-state index in [1.807, 2.05) is 48.0 Å². The Labute approximate surface area is 115 Å². The lowest BCUT2D eigenvalue weighted by atomic mass is 10.2. The average molecular weight is 269 g/mol. The zero-order chi connectivity index (χ0) is 13.9. The molecule has 0 aliphatic rings. The highest BCUT2D eigenvalue weighted by atomic mass is 16.1. The standard InChI is InChI=1S/C14H15N5O/c1-2-19-12(8-9-15-19)13-16-17-14(20)18(13)10-11-6-4-3-5-7-11/h3-9H,2,10H2,1H3,(H,17,20). The van der Waals surface area contributed by atoms with Gasteiger partial charge in [0.15, 0.2) is 5.82 Å². The molecule has 2 aromatic heterocycles. The summed E-state index contributed by atoms with van der Waals surface area (Å²) in [4.78, 5) is 12.0. The number of hydrogen-bond acceptors (Lipinski definition) is 3. The SMILES string of the molecule is CCn1nccc1-c1n[nH]c(=O)n1Cc1ccccc1. The van der Waals surface area contributed by atoms with Crippen LogP contribution in [0.25, 0.3) is 11.5 Å².